The van der Waals surface area contributed by atoms with E-state index in [1.807, 2.05) is 0 Å². The van der Waals surface area contributed by atoms with Crippen molar-refractivity contribution in [3.63, 3.8) is 0 Å². The van der Waals surface area contributed by atoms with E-state index in [9.17, 15) is 9.59 Å². The maximum atomic E-state index is 11.5. The molecular formula is C11H15NO3. The predicted molar refractivity (Wildman–Crippen MR) is 56.9 cm³/mol. The third kappa shape index (κ3) is 3.01. The van der Waals surface area contributed by atoms with Crippen LogP contribution < -0.4 is 0 Å². The van der Waals surface area contributed by atoms with Gasteiger partial charge < -0.3 is 4.74 Å². The molecule has 0 spiro atoms. The normalized spacial score (nSPS) is 24.3. The summed E-state index contributed by atoms with van der Waals surface area (Å²) in [6.45, 7) is 3.85. The zero-order chi connectivity index (χ0) is 11.3. The number of allylic oxidation sites excluding steroid dienone is 1. The number of ether oxygens (including phenoxy) is 1. The summed E-state index contributed by atoms with van der Waals surface area (Å²) in [5.41, 5.74) is -0.790. The molecule has 0 aliphatic carbocycles. The second-order valence-corrected chi connectivity index (χ2v) is 3.58. The predicted octanol–water partition coefficient (Wildman–Crippen LogP) is 1.30. The molecule has 0 radical (unpaired) electrons. The SMILES string of the molecule is CCOC(=O)CCC1(C)N=CC=CC1=O. The lowest BCUT2D eigenvalue weighted by molar-refractivity contribution is -0.143. The second-order valence-electron chi connectivity index (χ2n) is 3.58. The Kier molecular flexibility index (Phi) is 3.77. The van der Waals surface area contributed by atoms with E-state index >= 15 is 0 Å². The largest absolute Gasteiger partial charge is 0.466 e. The Labute approximate surface area is 89.0 Å². The summed E-state index contributed by atoms with van der Waals surface area (Å²) in [4.78, 5) is 26.8. The van der Waals surface area contributed by atoms with Crippen molar-refractivity contribution < 1.29 is 14.3 Å². The molecule has 0 aromatic rings. The van der Waals surface area contributed by atoms with E-state index < -0.39 is 5.54 Å². The van der Waals surface area contributed by atoms with Gasteiger partial charge in [-0.3, -0.25) is 14.6 Å². The molecule has 0 bridgehead atoms. The second kappa shape index (κ2) is 4.87. The van der Waals surface area contributed by atoms with Crippen LogP contribution in [0.5, 0.6) is 0 Å². The van der Waals surface area contributed by atoms with Crippen LogP contribution in [0.2, 0.25) is 0 Å². The number of ketones is 1. The summed E-state index contributed by atoms with van der Waals surface area (Å²) >= 11 is 0. The molecule has 82 valence electrons. The molecule has 15 heavy (non-hydrogen) atoms. The minimum absolute atomic E-state index is 0.0608. The quantitative estimate of drug-likeness (QED) is 0.656. The first-order valence-corrected chi connectivity index (χ1v) is 5.00. The highest BCUT2D eigenvalue weighted by atomic mass is 16.5. The van der Waals surface area contributed by atoms with Crippen LogP contribution in [-0.4, -0.2) is 30.1 Å². The number of carbonyl (C=O) groups is 2. The van der Waals surface area contributed by atoms with Gasteiger partial charge in [0.1, 0.15) is 5.54 Å². The van der Waals surface area contributed by atoms with Gasteiger partial charge in [0.25, 0.3) is 0 Å². The Morgan fingerprint density at radius 3 is 2.93 bits per heavy atom. The Hall–Kier alpha value is -1.45. The standard InChI is InChI=1S/C11H15NO3/c1-3-15-10(14)6-7-11(2)9(13)5-4-8-12-11/h4-5,8H,3,6-7H2,1-2H3. The van der Waals surface area contributed by atoms with E-state index in [2.05, 4.69) is 4.99 Å². The molecule has 0 fully saturated rings. The van der Waals surface area contributed by atoms with Crippen molar-refractivity contribution in [2.45, 2.75) is 32.2 Å². The molecule has 4 heteroatoms. The first-order chi connectivity index (χ1) is 7.08. The summed E-state index contributed by atoms with van der Waals surface area (Å²) in [6, 6.07) is 0. The summed E-state index contributed by atoms with van der Waals surface area (Å²) in [7, 11) is 0. The topological polar surface area (TPSA) is 55.7 Å². The number of nitrogens with zero attached hydrogens (tertiary/aromatic N) is 1. The van der Waals surface area contributed by atoms with Gasteiger partial charge in [-0.15, -0.1) is 0 Å². The van der Waals surface area contributed by atoms with E-state index in [0.717, 1.165) is 0 Å². The Morgan fingerprint density at radius 2 is 2.33 bits per heavy atom. The van der Waals surface area contributed by atoms with E-state index in [1.165, 1.54) is 6.08 Å². The molecule has 0 saturated carbocycles. The number of aliphatic imine (C=N–C) groups is 1. The van der Waals surface area contributed by atoms with Gasteiger partial charge in [-0.1, -0.05) is 0 Å². The Morgan fingerprint density at radius 1 is 1.60 bits per heavy atom. The van der Waals surface area contributed by atoms with Gasteiger partial charge in [-0.2, -0.15) is 0 Å². The maximum absolute atomic E-state index is 11.5. The fraction of sp³-hybridized carbons (Fsp3) is 0.545. The minimum atomic E-state index is -0.790. The summed E-state index contributed by atoms with van der Waals surface area (Å²) in [5.74, 6) is -0.342. The van der Waals surface area contributed by atoms with Gasteiger partial charge in [-0.05, 0) is 32.4 Å². The highest BCUT2D eigenvalue weighted by molar-refractivity contribution is 6.03. The van der Waals surface area contributed by atoms with Crippen molar-refractivity contribution in [1.29, 1.82) is 0 Å². The number of hydrogen-bond acceptors (Lipinski definition) is 4. The summed E-state index contributed by atoms with van der Waals surface area (Å²) in [6.07, 6.45) is 5.30. The number of rotatable bonds is 4. The third-order valence-corrected chi connectivity index (χ3v) is 2.35. The highest BCUT2D eigenvalue weighted by Crippen LogP contribution is 2.21. The van der Waals surface area contributed by atoms with E-state index in [-0.39, 0.29) is 18.2 Å². The summed E-state index contributed by atoms with van der Waals surface area (Å²) in [5, 5.41) is 0. The van der Waals surface area contributed by atoms with Crippen molar-refractivity contribution in [3.05, 3.63) is 12.2 Å². The fourth-order valence-corrected chi connectivity index (χ4v) is 1.35. The molecule has 1 atom stereocenters. The molecule has 1 aliphatic heterocycles. The lowest BCUT2D eigenvalue weighted by Crippen LogP contribution is -2.34. The van der Waals surface area contributed by atoms with Crippen LogP contribution in [0.3, 0.4) is 0 Å². The average Bonchev–Trinajstić information content (AvgIpc) is 2.21. The van der Waals surface area contributed by atoms with Crippen LogP contribution in [0.15, 0.2) is 17.1 Å². The molecular weight excluding hydrogens is 194 g/mol. The van der Waals surface area contributed by atoms with Gasteiger partial charge in [0.05, 0.1) is 6.61 Å². The smallest absolute Gasteiger partial charge is 0.305 e. The summed E-state index contributed by atoms with van der Waals surface area (Å²) < 4.78 is 4.79. The van der Waals surface area contributed by atoms with E-state index in [4.69, 9.17) is 4.74 Å². The van der Waals surface area contributed by atoms with Crippen molar-refractivity contribution in [1.82, 2.24) is 0 Å². The van der Waals surface area contributed by atoms with Crippen LogP contribution >= 0.6 is 0 Å². The van der Waals surface area contributed by atoms with Crippen LogP contribution in [0, 0.1) is 0 Å². The molecule has 1 unspecified atom stereocenters. The fourth-order valence-electron chi connectivity index (χ4n) is 1.35. The van der Waals surface area contributed by atoms with Crippen molar-refractivity contribution in [2.75, 3.05) is 6.61 Å². The van der Waals surface area contributed by atoms with Crippen LogP contribution in [-0.2, 0) is 14.3 Å². The zero-order valence-electron chi connectivity index (χ0n) is 9.03. The molecule has 0 amide bonds. The zero-order valence-corrected chi connectivity index (χ0v) is 9.03. The third-order valence-electron chi connectivity index (χ3n) is 2.35. The van der Waals surface area contributed by atoms with E-state index in [0.29, 0.717) is 13.0 Å². The van der Waals surface area contributed by atoms with Gasteiger partial charge >= 0.3 is 5.97 Å². The highest BCUT2D eigenvalue weighted by Gasteiger charge is 2.31. The van der Waals surface area contributed by atoms with Crippen molar-refractivity contribution in [2.24, 2.45) is 4.99 Å². The molecule has 4 nitrogen and oxygen atoms in total. The van der Waals surface area contributed by atoms with Gasteiger partial charge in [-0.25, -0.2) is 0 Å². The number of dihydropyridines is 1. The van der Waals surface area contributed by atoms with Gasteiger partial charge in [0, 0.05) is 12.6 Å². The molecule has 0 aromatic heterocycles. The molecule has 0 saturated heterocycles. The number of esters is 1. The number of carbonyl (C=O) groups excluding carboxylic acids is 2. The average molecular weight is 209 g/mol. The monoisotopic (exact) mass is 209 g/mol. The molecule has 0 aromatic carbocycles. The van der Waals surface area contributed by atoms with Crippen LogP contribution in [0.25, 0.3) is 0 Å². The van der Waals surface area contributed by atoms with Crippen LogP contribution in [0.4, 0.5) is 0 Å². The van der Waals surface area contributed by atoms with Crippen LogP contribution in [0.1, 0.15) is 26.7 Å². The van der Waals surface area contributed by atoms with E-state index in [1.54, 1.807) is 26.1 Å². The lowest BCUT2D eigenvalue weighted by Gasteiger charge is -2.23. The van der Waals surface area contributed by atoms with Crippen molar-refractivity contribution >= 4 is 18.0 Å². The molecule has 1 heterocycles. The van der Waals surface area contributed by atoms with Crippen molar-refractivity contribution in [3.8, 4) is 0 Å². The number of hydrogen-bond donors (Lipinski definition) is 0. The lowest BCUT2D eigenvalue weighted by atomic mass is 9.90. The van der Waals surface area contributed by atoms with Gasteiger partial charge in [0.15, 0.2) is 5.78 Å². The molecule has 0 N–H and O–H groups in total. The first kappa shape index (κ1) is 11.6. The Balaban J connectivity index is 2.50. The minimum Gasteiger partial charge on any atom is -0.466 e. The maximum Gasteiger partial charge on any atom is 0.305 e. The molecule has 1 aliphatic rings. The first-order valence-electron chi connectivity index (χ1n) is 5.00. The van der Waals surface area contributed by atoms with Gasteiger partial charge in [0.2, 0.25) is 0 Å². The Bertz CT molecular complexity index is 320. The molecule has 1 rings (SSSR count).